The number of methoxy groups -OCH3 is 2. The van der Waals surface area contributed by atoms with Crippen LogP contribution >= 0.6 is 0 Å². The molecular weight excluding hydrogens is 350 g/mol. The summed E-state index contributed by atoms with van der Waals surface area (Å²) in [5.74, 6) is 1.66. The van der Waals surface area contributed by atoms with Crippen LogP contribution in [0.2, 0.25) is 0 Å². The zero-order valence-corrected chi connectivity index (χ0v) is 17.5. The van der Waals surface area contributed by atoms with Crippen molar-refractivity contribution in [1.29, 1.82) is 0 Å². The molecule has 0 fully saturated rings. The lowest BCUT2D eigenvalue weighted by atomic mass is 9.99. The fourth-order valence-corrected chi connectivity index (χ4v) is 3.92. The number of likely N-dealkylation sites (N-methyl/N-ethyl adjacent to an activating group) is 1. The van der Waals surface area contributed by atoms with Gasteiger partial charge in [0, 0.05) is 18.0 Å². The first-order chi connectivity index (χ1) is 13.5. The normalized spacial score (nSPS) is 15.8. The third-order valence-electron chi connectivity index (χ3n) is 5.71. The van der Waals surface area contributed by atoms with Gasteiger partial charge in [0.25, 0.3) is 0 Å². The molecule has 28 heavy (non-hydrogen) atoms. The summed E-state index contributed by atoms with van der Waals surface area (Å²) >= 11 is 0. The highest BCUT2D eigenvalue weighted by molar-refractivity contribution is 6.02. The number of fused-ring (bicyclic) bond motifs is 1. The number of aryl methyl sites for hydroxylation is 1. The largest absolute Gasteiger partial charge is 0.493 e. The SMILES string of the molecule is COc1cc2c(cc1OC)C(=O)C(CCCN(C)CCc1ccc(C)cc1)C2. The van der Waals surface area contributed by atoms with E-state index in [4.69, 9.17) is 9.47 Å². The number of carbonyl (C=O) groups is 1. The molecule has 1 unspecified atom stereocenters. The van der Waals surface area contributed by atoms with Gasteiger partial charge >= 0.3 is 0 Å². The van der Waals surface area contributed by atoms with Crippen LogP contribution in [0.3, 0.4) is 0 Å². The van der Waals surface area contributed by atoms with Crippen LogP contribution in [0, 0.1) is 12.8 Å². The summed E-state index contributed by atoms with van der Waals surface area (Å²) in [4.78, 5) is 15.1. The van der Waals surface area contributed by atoms with Gasteiger partial charge in [-0.25, -0.2) is 0 Å². The van der Waals surface area contributed by atoms with Crippen LogP contribution in [-0.2, 0) is 12.8 Å². The van der Waals surface area contributed by atoms with E-state index in [-0.39, 0.29) is 11.7 Å². The van der Waals surface area contributed by atoms with Crippen molar-refractivity contribution >= 4 is 5.78 Å². The molecule has 1 aliphatic carbocycles. The second-order valence-corrected chi connectivity index (χ2v) is 7.81. The molecule has 3 rings (SSSR count). The van der Waals surface area contributed by atoms with Crippen molar-refractivity contribution in [2.75, 3.05) is 34.4 Å². The molecule has 1 atom stereocenters. The number of ether oxygens (including phenoxy) is 2. The van der Waals surface area contributed by atoms with E-state index in [9.17, 15) is 4.79 Å². The van der Waals surface area contributed by atoms with Crippen molar-refractivity contribution in [3.05, 3.63) is 58.7 Å². The van der Waals surface area contributed by atoms with E-state index < -0.39 is 0 Å². The number of ketones is 1. The minimum absolute atomic E-state index is 0.0808. The van der Waals surface area contributed by atoms with E-state index in [0.29, 0.717) is 11.5 Å². The predicted molar refractivity (Wildman–Crippen MR) is 113 cm³/mol. The maximum absolute atomic E-state index is 12.8. The van der Waals surface area contributed by atoms with Gasteiger partial charge in [0.05, 0.1) is 14.2 Å². The van der Waals surface area contributed by atoms with Crippen LogP contribution in [0.15, 0.2) is 36.4 Å². The molecule has 0 heterocycles. The maximum Gasteiger partial charge on any atom is 0.166 e. The number of benzene rings is 2. The van der Waals surface area contributed by atoms with Crippen molar-refractivity contribution in [3.63, 3.8) is 0 Å². The Balaban J connectivity index is 1.47. The molecule has 0 amide bonds. The first-order valence-corrected chi connectivity index (χ1v) is 10.0. The summed E-state index contributed by atoms with van der Waals surface area (Å²) in [6.45, 7) is 4.17. The fourth-order valence-electron chi connectivity index (χ4n) is 3.92. The van der Waals surface area contributed by atoms with Gasteiger partial charge in [-0.15, -0.1) is 0 Å². The number of nitrogens with zero attached hydrogens (tertiary/aromatic N) is 1. The van der Waals surface area contributed by atoms with Crippen molar-refractivity contribution in [1.82, 2.24) is 4.90 Å². The lowest BCUT2D eigenvalue weighted by Gasteiger charge is -2.17. The van der Waals surface area contributed by atoms with E-state index in [1.165, 1.54) is 11.1 Å². The predicted octanol–water partition coefficient (Wildman–Crippen LogP) is 4.32. The highest BCUT2D eigenvalue weighted by Gasteiger charge is 2.31. The fraction of sp³-hybridized carbons (Fsp3) is 0.458. The Morgan fingerprint density at radius 1 is 1.04 bits per heavy atom. The number of rotatable bonds is 9. The monoisotopic (exact) mass is 381 g/mol. The molecular formula is C24H31NO3. The molecule has 0 aliphatic heterocycles. The maximum atomic E-state index is 12.8. The van der Waals surface area contributed by atoms with Gasteiger partial charge in [-0.05, 0) is 69.5 Å². The summed E-state index contributed by atoms with van der Waals surface area (Å²) < 4.78 is 10.7. The van der Waals surface area contributed by atoms with Crippen molar-refractivity contribution in [2.24, 2.45) is 5.92 Å². The van der Waals surface area contributed by atoms with Crippen molar-refractivity contribution in [2.45, 2.75) is 32.6 Å². The zero-order chi connectivity index (χ0) is 20.1. The van der Waals surface area contributed by atoms with Gasteiger partial charge in [0.15, 0.2) is 17.3 Å². The third-order valence-corrected chi connectivity index (χ3v) is 5.71. The zero-order valence-electron chi connectivity index (χ0n) is 17.5. The Morgan fingerprint density at radius 2 is 1.71 bits per heavy atom. The lowest BCUT2D eigenvalue weighted by Crippen LogP contribution is -2.23. The van der Waals surface area contributed by atoms with E-state index in [1.807, 2.05) is 12.1 Å². The molecule has 150 valence electrons. The van der Waals surface area contributed by atoms with Crippen LogP contribution in [-0.4, -0.2) is 45.0 Å². The molecule has 0 bridgehead atoms. The summed E-state index contributed by atoms with van der Waals surface area (Å²) in [5.41, 5.74) is 4.56. The van der Waals surface area contributed by atoms with Gasteiger partial charge in [-0.2, -0.15) is 0 Å². The van der Waals surface area contributed by atoms with Crippen molar-refractivity contribution < 1.29 is 14.3 Å². The van der Waals surface area contributed by atoms with Gasteiger partial charge in [-0.1, -0.05) is 29.8 Å². The molecule has 4 nitrogen and oxygen atoms in total. The van der Waals surface area contributed by atoms with Crippen LogP contribution in [0.4, 0.5) is 0 Å². The average Bonchev–Trinajstić information content (AvgIpc) is 3.01. The molecule has 0 aromatic heterocycles. The van der Waals surface area contributed by atoms with Crippen LogP contribution in [0.5, 0.6) is 11.5 Å². The molecule has 0 radical (unpaired) electrons. The summed E-state index contributed by atoms with van der Waals surface area (Å²) in [5, 5.41) is 0. The van der Waals surface area contributed by atoms with E-state index in [1.54, 1.807) is 14.2 Å². The Hall–Kier alpha value is -2.33. The highest BCUT2D eigenvalue weighted by atomic mass is 16.5. The van der Waals surface area contributed by atoms with Gasteiger partial charge in [-0.3, -0.25) is 4.79 Å². The second kappa shape index (κ2) is 9.24. The average molecular weight is 382 g/mol. The van der Waals surface area contributed by atoms with Gasteiger partial charge in [0.2, 0.25) is 0 Å². The lowest BCUT2D eigenvalue weighted by molar-refractivity contribution is 0.0927. The topological polar surface area (TPSA) is 38.8 Å². The Labute approximate surface area is 168 Å². The number of carbonyl (C=O) groups excluding carboxylic acids is 1. The smallest absolute Gasteiger partial charge is 0.166 e. The molecule has 0 saturated heterocycles. The second-order valence-electron chi connectivity index (χ2n) is 7.81. The first kappa shape index (κ1) is 20.4. The van der Waals surface area contributed by atoms with Gasteiger partial charge in [0.1, 0.15) is 0 Å². The Morgan fingerprint density at radius 3 is 2.39 bits per heavy atom. The molecule has 0 N–H and O–H groups in total. The van der Waals surface area contributed by atoms with Crippen LogP contribution in [0.25, 0.3) is 0 Å². The Bertz CT molecular complexity index is 813. The molecule has 2 aromatic carbocycles. The minimum atomic E-state index is 0.0808. The van der Waals surface area contributed by atoms with Crippen molar-refractivity contribution in [3.8, 4) is 11.5 Å². The minimum Gasteiger partial charge on any atom is -0.493 e. The molecule has 1 aliphatic rings. The molecule has 2 aromatic rings. The number of Topliss-reactive ketones (excluding diaryl/α,β-unsaturated/α-hetero) is 1. The Kier molecular flexibility index (Phi) is 6.74. The summed E-state index contributed by atoms with van der Waals surface area (Å²) in [7, 11) is 5.40. The van der Waals surface area contributed by atoms with Crippen LogP contribution in [0.1, 0.15) is 39.9 Å². The highest BCUT2D eigenvalue weighted by Crippen LogP contribution is 2.37. The number of hydrogen-bond acceptors (Lipinski definition) is 4. The molecule has 0 spiro atoms. The van der Waals surface area contributed by atoms with Crippen LogP contribution < -0.4 is 9.47 Å². The molecule has 4 heteroatoms. The quantitative estimate of drug-likeness (QED) is 0.648. The van der Waals surface area contributed by atoms with E-state index in [2.05, 4.69) is 43.1 Å². The third kappa shape index (κ3) is 4.74. The van der Waals surface area contributed by atoms with E-state index >= 15 is 0 Å². The van der Waals surface area contributed by atoms with Gasteiger partial charge < -0.3 is 14.4 Å². The standard InChI is InChI=1S/C24H31NO3/c1-17-7-9-18(10-8-17)11-13-25(2)12-5-6-19-14-20-15-22(27-3)23(28-4)16-21(20)24(19)26/h7-10,15-16,19H,5-6,11-14H2,1-4H3. The summed E-state index contributed by atoms with van der Waals surface area (Å²) in [6.07, 6.45) is 3.82. The first-order valence-electron chi connectivity index (χ1n) is 10.0. The van der Waals surface area contributed by atoms with E-state index in [0.717, 1.165) is 49.9 Å². The number of hydrogen-bond donors (Lipinski definition) is 0. The molecule has 0 saturated carbocycles. The summed E-state index contributed by atoms with van der Waals surface area (Å²) in [6, 6.07) is 12.6.